The molecule has 130 valence electrons. The fourth-order valence-electron chi connectivity index (χ4n) is 2.60. The molecular weight excluding hydrogens is 456 g/mol. The number of fused-ring (bicyclic) bond motifs is 1. The first-order valence-electron chi connectivity index (χ1n) is 8.04. The molecule has 0 atom stereocenters. The standard InChI is InChI=1S/C21H16Br2N2O/c22-17(12-15-6-2-1-3-7-15)14-24-25-21(26)13-16-10-11-20(23)19-9-5-4-8-18(16)19/h1-12,14H,13H2,(H,25,26). The maximum Gasteiger partial charge on any atom is 0.244 e. The van der Waals surface area contributed by atoms with Crippen molar-refractivity contribution in [3.05, 3.63) is 86.8 Å². The van der Waals surface area contributed by atoms with E-state index in [0.29, 0.717) is 0 Å². The number of halogens is 2. The second kappa shape index (κ2) is 8.92. The van der Waals surface area contributed by atoms with Crippen molar-refractivity contribution in [1.82, 2.24) is 5.43 Å². The minimum Gasteiger partial charge on any atom is -0.273 e. The van der Waals surface area contributed by atoms with Gasteiger partial charge in [0.1, 0.15) is 0 Å². The van der Waals surface area contributed by atoms with E-state index in [1.54, 1.807) is 6.21 Å². The van der Waals surface area contributed by atoms with Crippen LogP contribution < -0.4 is 5.43 Å². The second-order valence-electron chi connectivity index (χ2n) is 5.66. The van der Waals surface area contributed by atoms with Crippen molar-refractivity contribution in [2.45, 2.75) is 6.42 Å². The molecule has 0 radical (unpaired) electrons. The summed E-state index contributed by atoms with van der Waals surface area (Å²) in [6.45, 7) is 0. The maximum absolute atomic E-state index is 12.2. The van der Waals surface area contributed by atoms with Crippen molar-refractivity contribution in [3.63, 3.8) is 0 Å². The Kier molecular flexibility index (Phi) is 6.36. The molecule has 3 aromatic carbocycles. The minimum absolute atomic E-state index is 0.159. The average Bonchev–Trinajstić information content (AvgIpc) is 2.65. The van der Waals surface area contributed by atoms with Gasteiger partial charge >= 0.3 is 0 Å². The van der Waals surface area contributed by atoms with Crippen LogP contribution in [-0.2, 0) is 11.2 Å². The Labute approximate surface area is 169 Å². The molecule has 0 spiro atoms. The van der Waals surface area contributed by atoms with E-state index in [9.17, 15) is 4.79 Å². The van der Waals surface area contributed by atoms with Crippen LogP contribution in [0.3, 0.4) is 0 Å². The molecule has 0 aliphatic carbocycles. The van der Waals surface area contributed by atoms with Crippen LogP contribution >= 0.6 is 31.9 Å². The van der Waals surface area contributed by atoms with Gasteiger partial charge < -0.3 is 0 Å². The van der Waals surface area contributed by atoms with Crippen molar-refractivity contribution >= 4 is 60.8 Å². The number of rotatable bonds is 5. The van der Waals surface area contributed by atoms with Crippen LogP contribution in [0.25, 0.3) is 16.8 Å². The molecule has 0 aromatic heterocycles. The summed E-state index contributed by atoms with van der Waals surface area (Å²) in [4.78, 5) is 12.2. The first kappa shape index (κ1) is 18.5. The molecule has 3 aromatic rings. The quantitative estimate of drug-likeness (QED) is 0.377. The van der Waals surface area contributed by atoms with Gasteiger partial charge in [-0.15, -0.1) is 0 Å². The number of allylic oxidation sites excluding steroid dienone is 1. The van der Waals surface area contributed by atoms with Gasteiger partial charge in [0.2, 0.25) is 5.91 Å². The van der Waals surface area contributed by atoms with Crippen molar-refractivity contribution in [2.24, 2.45) is 5.10 Å². The van der Waals surface area contributed by atoms with Gasteiger partial charge in [-0.25, -0.2) is 5.43 Å². The molecular formula is C21H16Br2N2O. The van der Waals surface area contributed by atoms with Gasteiger partial charge in [0, 0.05) is 8.96 Å². The number of hydrogen-bond donors (Lipinski definition) is 1. The van der Waals surface area contributed by atoms with Gasteiger partial charge in [-0.3, -0.25) is 4.79 Å². The summed E-state index contributed by atoms with van der Waals surface area (Å²) >= 11 is 6.97. The number of benzene rings is 3. The van der Waals surface area contributed by atoms with Crippen LogP contribution in [0.2, 0.25) is 0 Å². The van der Waals surface area contributed by atoms with Gasteiger partial charge in [0.05, 0.1) is 12.6 Å². The Bertz CT molecular complexity index is 982. The molecule has 0 heterocycles. The molecule has 0 saturated carbocycles. The molecule has 1 N–H and O–H groups in total. The molecule has 3 rings (SSSR count). The summed E-state index contributed by atoms with van der Waals surface area (Å²) in [5, 5.41) is 6.17. The largest absolute Gasteiger partial charge is 0.273 e. The first-order valence-corrected chi connectivity index (χ1v) is 9.62. The topological polar surface area (TPSA) is 41.5 Å². The second-order valence-corrected chi connectivity index (χ2v) is 7.43. The Morgan fingerprint density at radius 3 is 2.42 bits per heavy atom. The monoisotopic (exact) mass is 470 g/mol. The maximum atomic E-state index is 12.2. The fraction of sp³-hybridized carbons (Fsp3) is 0.0476. The number of nitrogens with one attached hydrogen (secondary N) is 1. The predicted octanol–water partition coefficient (Wildman–Crippen LogP) is 5.68. The zero-order valence-electron chi connectivity index (χ0n) is 13.8. The number of amides is 1. The summed E-state index contributed by atoms with van der Waals surface area (Å²) in [7, 11) is 0. The van der Waals surface area contributed by atoms with Crippen LogP contribution in [0.1, 0.15) is 11.1 Å². The highest BCUT2D eigenvalue weighted by atomic mass is 79.9. The lowest BCUT2D eigenvalue weighted by atomic mass is 10.0. The van der Waals surface area contributed by atoms with E-state index in [2.05, 4.69) is 42.4 Å². The SMILES string of the molecule is O=C(Cc1ccc(Br)c2ccccc12)NN=CC(Br)=Cc1ccccc1. The van der Waals surface area contributed by atoms with Crippen LogP contribution in [0, 0.1) is 0 Å². The van der Waals surface area contributed by atoms with E-state index in [4.69, 9.17) is 0 Å². The highest BCUT2D eigenvalue weighted by molar-refractivity contribution is 9.12. The van der Waals surface area contributed by atoms with E-state index < -0.39 is 0 Å². The van der Waals surface area contributed by atoms with Gasteiger partial charge in [-0.05, 0) is 50.0 Å². The van der Waals surface area contributed by atoms with Crippen LogP contribution in [0.15, 0.2) is 80.8 Å². The Hall–Kier alpha value is -2.24. The average molecular weight is 472 g/mol. The van der Waals surface area contributed by atoms with Gasteiger partial charge in [-0.1, -0.05) is 76.6 Å². The summed E-state index contributed by atoms with van der Waals surface area (Å²) in [6, 6.07) is 21.8. The molecule has 0 bridgehead atoms. The first-order chi connectivity index (χ1) is 12.6. The summed E-state index contributed by atoms with van der Waals surface area (Å²) in [5.41, 5.74) is 4.60. The Balaban J connectivity index is 1.65. The van der Waals surface area contributed by atoms with E-state index in [-0.39, 0.29) is 12.3 Å². The van der Waals surface area contributed by atoms with Crippen molar-refractivity contribution in [2.75, 3.05) is 0 Å². The number of nitrogens with zero attached hydrogens (tertiary/aromatic N) is 1. The van der Waals surface area contributed by atoms with E-state index >= 15 is 0 Å². The van der Waals surface area contributed by atoms with Crippen LogP contribution in [0.5, 0.6) is 0 Å². The van der Waals surface area contributed by atoms with Crippen LogP contribution in [0.4, 0.5) is 0 Å². The zero-order chi connectivity index (χ0) is 18.4. The Morgan fingerprint density at radius 2 is 1.65 bits per heavy atom. The minimum atomic E-state index is -0.159. The molecule has 0 aliphatic rings. The normalized spacial score (nSPS) is 11.8. The lowest BCUT2D eigenvalue weighted by Gasteiger charge is -2.07. The summed E-state index contributed by atoms with van der Waals surface area (Å²) < 4.78 is 1.79. The third-order valence-electron chi connectivity index (χ3n) is 3.79. The lowest BCUT2D eigenvalue weighted by Crippen LogP contribution is -2.19. The van der Waals surface area contributed by atoms with E-state index in [1.807, 2.05) is 72.8 Å². The highest BCUT2D eigenvalue weighted by Crippen LogP contribution is 2.27. The van der Waals surface area contributed by atoms with Gasteiger partial charge in [0.25, 0.3) is 0 Å². The smallest absolute Gasteiger partial charge is 0.244 e. The van der Waals surface area contributed by atoms with E-state index in [0.717, 1.165) is 30.9 Å². The molecule has 0 aliphatic heterocycles. The molecule has 3 nitrogen and oxygen atoms in total. The molecule has 0 fully saturated rings. The molecule has 26 heavy (non-hydrogen) atoms. The lowest BCUT2D eigenvalue weighted by molar-refractivity contribution is -0.120. The summed E-state index contributed by atoms with van der Waals surface area (Å²) in [5.74, 6) is -0.159. The van der Waals surface area contributed by atoms with Crippen molar-refractivity contribution in [3.8, 4) is 0 Å². The van der Waals surface area contributed by atoms with Crippen LogP contribution in [-0.4, -0.2) is 12.1 Å². The van der Waals surface area contributed by atoms with Crippen molar-refractivity contribution < 1.29 is 4.79 Å². The summed E-state index contributed by atoms with van der Waals surface area (Å²) in [6.07, 6.45) is 3.77. The third-order valence-corrected chi connectivity index (χ3v) is 4.92. The third kappa shape index (κ3) is 4.90. The van der Waals surface area contributed by atoms with Crippen molar-refractivity contribution in [1.29, 1.82) is 0 Å². The van der Waals surface area contributed by atoms with Gasteiger partial charge in [0.15, 0.2) is 0 Å². The predicted molar refractivity (Wildman–Crippen MR) is 115 cm³/mol. The molecule has 5 heteroatoms. The molecule has 0 unspecified atom stereocenters. The Morgan fingerprint density at radius 1 is 0.962 bits per heavy atom. The van der Waals surface area contributed by atoms with E-state index in [1.165, 1.54) is 0 Å². The number of hydrazone groups is 1. The number of carbonyl (C=O) groups is 1. The zero-order valence-corrected chi connectivity index (χ0v) is 17.0. The van der Waals surface area contributed by atoms with Gasteiger partial charge in [-0.2, -0.15) is 5.10 Å². The highest BCUT2D eigenvalue weighted by Gasteiger charge is 2.08. The molecule has 1 amide bonds. The number of carbonyl (C=O) groups excluding carboxylic acids is 1. The number of hydrogen-bond acceptors (Lipinski definition) is 2. The fourth-order valence-corrected chi connectivity index (χ4v) is 3.45. The molecule has 0 saturated heterocycles.